The molecule has 0 bridgehead atoms. The van der Waals surface area contributed by atoms with Gasteiger partial charge in [0.05, 0.1) is 6.61 Å². The van der Waals surface area contributed by atoms with E-state index < -0.39 is 18.6 Å². The van der Waals surface area contributed by atoms with Crippen LogP contribution in [0, 0.1) is 11.7 Å². The Labute approximate surface area is 126 Å². The molecule has 0 saturated carbocycles. The molecule has 3 nitrogen and oxygen atoms in total. The van der Waals surface area contributed by atoms with Crippen LogP contribution in [0.2, 0.25) is 0 Å². The van der Waals surface area contributed by atoms with Crippen molar-refractivity contribution < 1.29 is 27.0 Å². The van der Waals surface area contributed by atoms with Crippen molar-refractivity contribution in [3.63, 3.8) is 0 Å². The second-order valence-electron chi connectivity index (χ2n) is 5.35. The van der Waals surface area contributed by atoms with Crippen LogP contribution in [0.15, 0.2) is 18.2 Å². The van der Waals surface area contributed by atoms with Crippen molar-refractivity contribution in [1.82, 2.24) is 5.32 Å². The first-order valence-corrected chi connectivity index (χ1v) is 7.20. The molecule has 1 unspecified atom stereocenters. The number of halogens is 4. The minimum atomic E-state index is -4.48. The second kappa shape index (κ2) is 7.78. The monoisotopic (exact) mass is 321 g/mol. The first-order chi connectivity index (χ1) is 10.4. The van der Waals surface area contributed by atoms with Gasteiger partial charge in [0.25, 0.3) is 0 Å². The quantitative estimate of drug-likeness (QED) is 0.619. The summed E-state index contributed by atoms with van der Waals surface area (Å²) < 4.78 is 59.5. The van der Waals surface area contributed by atoms with Gasteiger partial charge >= 0.3 is 6.18 Å². The molecule has 124 valence electrons. The first-order valence-electron chi connectivity index (χ1n) is 7.20. The molecule has 0 amide bonds. The molecule has 1 aliphatic rings. The molecule has 1 aliphatic heterocycles. The number of nitrogens with one attached hydrogen (secondary N) is 1. The lowest BCUT2D eigenvalue weighted by molar-refractivity contribution is -0.153. The second-order valence-corrected chi connectivity index (χ2v) is 5.35. The molecule has 1 fully saturated rings. The van der Waals surface area contributed by atoms with Crippen molar-refractivity contribution in [3.05, 3.63) is 29.6 Å². The lowest BCUT2D eigenvalue weighted by Gasteiger charge is -2.12. The highest BCUT2D eigenvalue weighted by Crippen LogP contribution is 2.22. The minimum Gasteiger partial charge on any atom is -0.481 e. The van der Waals surface area contributed by atoms with Crippen molar-refractivity contribution >= 4 is 0 Å². The van der Waals surface area contributed by atoms with Gasteiger partial charge in [-0.05, 0) is 43.0 Å². The fourth-order valence-corrected chi connectivity index (χ4v) is 2.26. The van der Waals surface area contributed by atoms with E-state index in [9.17, 15) is 17.6 Å². The molecule has 1 aromatic rings. The Kier molecular flexibility index (Phi) is 6.02. The van der Waals surface area contributed by atoms with Crippen molar-refractivity contribution in [2.45, 2.75) is 19.0 Å². The maximum atomic E-state index is 13.4. The number of alkyl halides is 3. The Balaban J connectivity index is 1.78. The molecule has 0 spiro atoms. The van der Waals surface area contributed by atoms with Gasteiger partial charge in [-0.1, -0.05) is 6.07 Å². The van der Waals surface area contributed by atoms with Crippen LogP contribution in [0.3, 0.4) is 0 Å². The lowest BCUT2D eigenvalue weighted by atomic mass is 10.1. The summed E-state index contributed by atoms with van der Waals surface area (Å²) in [6.45, 7) is 1.58. The molecule has 7 heteroatoms. The molecule has 0 aromatic heterocycles. The van der Waals surface area contributed by atoms with E-state index in [1.165, 1.54) is 6.07 Å². The molecule has 1 aromatic carbocycles. The standard InChI is InChI=1S/C15H19F4NO2/c16-13-2-1-11(7-14(13)22-10-15(17,18)19)3-5-20-8-12-4-6-21-9-12/h1-2,7,12,20H,3-6,8-10H2. The molecule has 1 N–H and O–H groups in total. The van der Waals surface area contributed by atoms with E-state index in [4.69, 9.17) is 4.74 Å². The molecule has 2 rings (SSSR count). The number of benzene rings is 1. The topological polar surface area (TPSA) is 30.5 Å². The average Bonchev–Trinajstić information content (AvgIpc) is 2.96. The normalized spacial score (nSPS) is 18.6. The highest BCUT2D eigenvalue weighted by atomic mass is 19.4. The molecule has 1 heterocycles. The molecule has 1 saturated heterocycles. The molecular formula is C15H19F4NO2. The largest absolute Gasteiger partial charge is 0.481 e. The third-order valence-electron chi connectivity index (χ3n) is 3.43. The smallest absolute Gasteiger partial charge is 0.422 e. The Bertz CT molecular complexity index is 473. The fraction of sp³-hybridized carbons (Fsp3) is 0.600. The van der Waals surface area contributed by atoms with Crippen LogP contribution < -0.4 is 10.1 Å². The van der Waals surface area contributed by atoms with Gasteiger partial charge in [0.1, 0.15) is 0 Å². The summed E-state index contributed by atoms with van der Waals surface area (Å²) in [6.07, 6.45) is -2.84. The van der Waals surface area contributed by atoms with Crippen LogP contribution >= 0.6 is 0 Å². The fourth-order valence-electron chi connectivity index (χ4n) is 2.26. The van der Waals surface area contributed by atoms with Crippen LogP contribution in [0.5, 0.6) is 5.75 Å². The highest BCUT2D eigenvalue weighted by Gasteiger charge is 2.29. The van der Waals surface area contributed by atoms with Gasteiger partial charge in [-0.15, -0.1) is 0 Å². The van der Waals surface area contributed by atoms with Gasteiger partial charge in [-0.25, -0.2) is 4.39 Å². The highest BCUT2D eigenvalue weighted by molar-refractivity contribution is 5.30. The number of hydrogen-bond acceptors (Lipinski definition) is 3. The zero-order valence-corrected chi connectivity index (χ0v) is 12.1. The third kappa shape index (κ3) is 5.81. The van der Waals surface area contributed by atoms with E-state index in [1.54, 1.807) is 6.07 Å². The molecule has 0 radical (unpaired) electrons. The SMILES string of the molecule is Fc1ccc(CCNCC2CCOC2)cc1OCC(F)(F)F. The predicted octanol–water partition coefficient (Wildman–Crippen LogP) is 2.94. The lowest BCUT2D eigenvalue weighted by Crippen LogP contribution is -2.25. The number of ether oxygens (including phenoxy) is 2. The zero-order chi connectivity index (χ0) is 16.0. The van der Waals surface area contributed by atoms with Crippen LogP contribution in [-0.4, -0.2) is 39.1 Å². The Hall–Kier alpha value is -1.34. The Morgan fingerprint density at radius 3 is 2.82 bits per heavy atom. The van der Waals surface area contributed by atoms with Gasteiger partial charge < -0.3 is 14.8 Å². The summed E-state index contributed by atoms with van der Waals surface area (Å²) in [6, 6.07) is 4.00. The summed E-state index contributed by atoms with van der Waals surface area (Å²) in [4.78, 5) is 0. The number of rotatable bonds is 7. The van der Waals surface area contributed by atoms with Gasteiger partial charge in [0.2, 0.25) is 0 Å². The van der Waals surface area contributed by atoms with E-state index in [2.05, 4.69) is 10.1 Å². The average molecular weight is 321 g/mol. The van der Waals surface area contributed by atoms with Gasteiger partial charge in [-0.3, -0.25) is 0 Å². The third-order valence-corrected chi connectivity index (χ3v) is 3.43. The summed E-state index contributed by atoms with van der Waals surface area (Å²) in [5.74, 6) is -0.637. The minimum absolute atomic E-state index is 0.362. The van der Waals surface area contributed by atoms with Crippen LogP contribution in [-0.2, 0) is 11.2 Å². The van der Waals surface area contributed by atoms with Crippen LogP contribution in [0.1, 0.15) is 12.0 Å². The van der Waals surface area contributed by atoms with E-state index in [1.807, 2.05) is 0 Å². The van der Waals surface area contributed by atoms with Crippen molar-refractivity contribution in [1.29, 1.82) is 0 Å². The van der Waals surface area contributed by atoms with Gasteiger partial charge in [-0.2, -0.15) is 13.2 Å². The first kappa shape index (κ1) is 17.0. The maximum absolute atomic E-state index is 13.4. The summed E-state index contributed by atoms with van der Waals surface area (Å²) in [7, 11) is 0. The van der Waals surface area contributed by atoms with Crippen molar-refractivity contribution in [2.75, 3.05) is 32.9 Å². The van der Waals surface area contributed by atoms with E-state index in [0.717, 1.165) is 37.8 Å². The predicted molar refractivity (Wildman–Crippen MR) is 73.4 cm³/mol. The van der Waals surface area contributed by atoms with Crippen molar-refractivity contribution in [2.24, 2.45) is 5.92 Å². The summed E-state index contributed by atoms with van der Waals surface area (Å²) >= 11 is 0. The van der Waals surface area contributed by atoms with Crippen molar-refractivity contribution in [3.8, 4) is 5.75 Å². The molecular weight excluding hydrogens is 302 g/mol. The van der Waals surface area contributed by atoms with E-state index in [-0.39, 0.29) is 5.75 Å². The molecule has 22 heavy (non-hydrogen) atoms. The number of hydrogen-bond donors (Lipinski definition) is 1. The van der Waals surface area contributed by atoms with Gasteiger partial charge in [0, 0.05) is 13.2 Å². The van der Waals surface area contributed by atoms with Crippen LogP contribution in [0.4, 0.5) is 17.6 Å². The zero-order valence-electron chi connectivity index (χ0n) is 12.1. The molecule has 0 aliphatic carbocycles. The molecule has 1 atom stereocenters. The Morgan fingerprint density at radius 1 is 1.32 bits per heavy atom. The van der Waals surface area contributed by atoms with Crippen LogP contribution in [0.25, 0.3) is 0 Å². The van der Waals surface area contributed by atoms with E-state index >= 15 is 0 Å². The summed E-state index contributed by atoms with van der Waals surface area (Å²) in [5.41, 5.74) is 0.730. The van der Waals surface area contributed by atoms with Gasteiger partial charge in [0.15, 0.2) is 18.2 Å². The Morgan fingerprint density at radius 2 is 2.14 bits per heavy atom. The van der Waals surface area contributed by atoms with E-state index in [0.29, 0.717) is 18.9 Å². The maximum Gasteiger partial charge on any atom is 0.422 e. The summed E-state index contributed by atoms with van der Waals surface area (Å²) in [5, 5.41) is 3.27.